The number of nitrogens with one attached hydrogen (secondary N) is 3. The molecule has 0 heterocycles. The molecular weight excluding hydrogens is 443 g/mol. The zero-order chi connectivity index (χ0) is 18.7. The van der Waals surface area contributed by atoms with Gasteiger partial charge in [-0.05, 0) is 45.7 Å². The minimum absolute atomic E-state index is 0. The number of halogens is 1. The number of ether oxygens (including phenoxy) is 1. The van der Waals surface area contributed by atoms with Crippen molar-refractivity contribution in [1.29, 1.82) is 0 Å². The number of nitrogens with zero attached hydrogens (tertiary/aromatic N) is 1. The summed E-state index contributed by atoms with van der Waals surface area (Å²) in [4.78, 5) is 16.6. The summed E-state index contributed by atoms with van der Waals surface area (Å²) in [5.41, 5.74) is 0.608. The lowest BCUT2D eigenvalue weighted by Crippen LogP contribution is -2.42. The highest BCUT2D eigenvalue weighted by Gasteiger charge is 2.26. The molecular formula is C19H33IN4O2. The van der Waals surface area contributed by atoms with Crippen molar-refractivity contribution in [2.45, 2.75) is 34.1 Å². The first-order valence-electron chi connectivity index (χ1n) is 8.87. The Labute approximate surface area is 174 Å². The van der Waals surface area contributed by atoms with Crippen molar-refractivity contribution in [1.82, 2.24) is 16.0 Å². The van der Waals surface area contributed by atoms with E-state index in [1.807, 2.05) is 45.9 Å². The van der Waals surface area contributed by atoms with Crippen LogP contribution in [0.25, 0.3) is 0 Å². The van der Waals surface area contributed by atoms with E-state index in [9.17, 15) is 4.79 Å². The Hall–Kier alpha value is -1.51. The van der Waals surface area contributed by atoms with Crippen molar-refractivity contribution in [3.05, 3.63) is 29.8 Å². The van der Waals surface area contributed by atoms with Crippen LogP contribution in [0.15, 0.2) is 29.3 Å². The maximum atomic E-state index is 12.1. The lowest BCUT2D eigenvalue weighted by molar-refractivity contribution is -0.128. The topological polar surface area (TPSA) is 74.8 Å². The SMILES string of the molecule is CCNC(=O)C(C)(C)CN=C(NCC)NCCc1ccccc1OC.I. The average Bonchev–Trinajstić information content (AvgIpc) is 2.60. The van der Waals surface area contributed by atoms with E-state index in [4.69, 9.17) is 4.74 Å². The molecule has 0 saturated carbocycles. The maximum absolute atomic E-state index is 12.1. The molecule has 26 heavy (non-hydrogen) atoms. The maximum Gasteiger partial charge on any atom is 0.227 e. The number of methoxy groups -OCH3 is 1. The minimum atomic E-state index is -0.541. The molecule has 0 aliphatic heterocycles. The summed E-state index contributed by atoms with van der Waals surface area (Å²) in [5, 5.41) is 9.39. The zero-order valence-electron chi connectivity index (χ0n) is 16.5. The fourth-order valence-corrected chi connectivity index (χ4v) is 2.32. The van der Waals surface area contributed by atoms with Crippen LogP contribution in [0.5, 0.6) is 5.75 Å². The van der Waals surface area contributed by atoms with Crippen LogP contribution in [0, 0.1) is 5.41 Å². The fraction of sp³-hybridized carbons (Fsp3) is 0.579. The third-order valence-electron chi connectivity index (χ3n) is 3.81. The zero-order valence-corrected chi connectivity index (χ0v) is 18.8. The molecule has 148 valence electrons. The fourth-order valence-electron chi connectivity index (χ4n) is 2.32. The van der Waals surface area contributed by atoms with Crippen molar-refractivity contribution in [2.75, 3.05) is 33.3 Å². The van der Waals surface area contributed by atoms with Crippen LogP contribution >= 0.6 is 24.0 Å². The van der Waals surface area contributed by atoms with Crippen molar-refractivity contribution in [3.63, 3.8) is 0 Å². The highest BCUT2D eigenvalue weighted by molar-refractivity contribution is 14.0. The highest BCUT2D eigenvalue weighted by atomic mass is 127. The van der Waals surface area contributed by atoms with Crippen molar-refractivity contribution in [2.24, 2.45) is 10.4 Å². The largest absolute Gasteiger partial charge is 0.496 e. The van der Waals surface area contributed by atoms with Gasteiger partial charge >= 0.3 is 0 Å². The van der Waals surface area contributed by atoms with Gasteiger partial charge in [-0.3, -0.25) is 9.79 Å². The standard InChI is InChI=1S/C19H32N4O2.HI/c1-6-20-17(24)19(3,4)14-23-18(21-7-2)22-13-12-15-10-8-9-11-16(15)25-5;/h8-11H,6-7,12-14H2,1-5H3,(H,20,24)(H2,21,22,23);1H. The number of guanidine groups is 1. The number of hydrogen-bond acceptors (Lipinski definition) is 3. The number of carbonyl (C=O) groups excluding carboxylic acids is 1. The molecule has 0 radical (unpaired) electrons. The van der Waals surface area contributed by atoms with Gasteiger partial charge in [0.15, 0.2) is 5.96 Å². The predicted octanol–water partition coefficient (Wildman–Crippen LogP) is 2.57. The van der Waals surface area contributed by atoms with Crippen LogP contribution in [0.1, 0.15) is 33.3 Å². The second-order valence-corrected chi connectivity index (χ2v) is 6.43. The molecule has 0 fully saturated rings. The molecule has 0 aliphatic rings. The van der Waals surface area contributed by atoms with E-state index < -0.39 is 5.41 Å². The lowest BCUT2D eigenvalue weighted by atomic mass is 9.92. The highest BCUT2D eigenvalue weighted by Crippen LogP contribution is 2.17. The molecule has 0 aliphatic carbocycles. The molecule has 1 aromatic rings. The first-order chi connectivity index (χ1) is 11.9. The summed E-state index contributed by atoms with van der Waals surface area (Å²) in [6, 6.07) is 7.99. The Morgan fingerprint density at radius 3 is 2.38 bits per heavy atom. The van der Waals surface area contributed by atoms with Crippen LogP contribution < -0.4 is 20.7 Å². The Morgan fingerprint density at radius 1 is 1.12 bits per heavy atom. The molecule has 1 aromatic carbocycles. The third kappa shape index (κ3) is 8.25. The first-order valence-corrected chi connectivity index (χ1v) is 8.87. The van der Waals surface area contributed by atoms with Crippen molar-refractivity contribution >= 4 is 35.8 Å². The monoisotopic (exact) mass is 476 g/mol. The van der Waals surface area contributed by atoms with E-state index in [0.717, 1.165) is 36.8 Å². The number of carbonyl (C=O) groups is 1. The average molecular weight is 476 g/mol. The predicted molar refractivity (Wildman–Crippen MR) is 119 cm³/mol. The molecule has 0 bridgehead atoms. The van der Waals surface area contributed by atoms with Gasteiger partial charge in [-0.15, -0.1) is 24.0 Å². The van der Waals surface area contributed by atoms with Gasteiger partial charge in [-0.1, -0.05) is 18.2 Å². The second kappa shape index (κ2) is 12.8. The Balaban J connectivity index is 0.00000625. The van der Waals surface area contributed by atoms with Crippen LogP contribution in [-0.2, 0) is 11.2 Å². The van der Waals surface area contributed by atoms with Gasteiger partial charge in [0.2, 0.25) is 5.91 Å². The van der Waals surface area contributed by atoms with Crippen molar-refractivity contribution < 1.29 is 9.53 Å². The smallest absolute Gasteiger partial charge is 0.227 e. The van der Waals surface area contributed by atoms with Crippen LogP contribution in [0.3, 0.4) is 0 Å². The lowest BCUT2D eigenvalue weighted by Gasteiger charge is -2.22. The summed E-state index contributed by atoms with van der Waals surface area (Å²) >= 11 is 0. The van der Waals surface area contributed by atoms with E-state index >= 15 is 0 Å². The second-order valence-electron chi connectivity index (χ2n) is 6.43. The van der Waals surface area contributed by atoms with Gasteiger partial charge in [-0.2, -0.15) is 0 Å². The summed E-state index contributed by atoms with van der Waals surface area (Å²) in [6.07, 6.45) is 0.828. The van der Waals surface area contributed by atoms with Crippen molar-refractivity contribution in [3.8, 4) is 5.75 Å². The third-order valence-corrected chi connectivity index (χ3v) is 3.81. The Morgan fingerprint density at radius 2 is 1.77 bits per heavy atom. The summed E-state index contributed by atoms with van der Waals surface area (Å²) < 4.78 is 5.37. The van der Waals surface area contributed by atoms with Gasteiger partial charge in [0.1, 0.15) is 5.75 Å². The molecule has 1 amide bonds. The number of hydrogen-bond donors (Lipinski definition) is 3. The molecule has 3 N–H and O–H groups in total. The van der Waals surface area contributed by atoms with Gasteiger partial charge in [0, 0.05) is 19.6 Å². The van der Waals surface area contributed by atoms with E-state index in [0.29, 0.717) is 13.1 Å². The Bertz CT molecular complexity index is 576. The van der Waals surface area contributed by atoms with Crippen LogP contribution in [0.4, 0.5) is 0 Å². The van der Waals surface area contributed by atoms with E-state index in [2.05, 4.69) is 27.0 Å². The number of benzene rings is 1. The summed E-state index contributed by atoms with van der Waals surface area (Å²) in [6.45, 7) is 10.3. The van der Waals surface area contributed by atoms with Crippen LogP contribution in [-0.4, -0.2) is 45.2 Å². The molecule has 0 aromatic heterocycles. The number of rotatable bonds is 9. The molecule has 0 saturated heterocycles. The normalized spacial score (nSPS) is 11.3. The molecule has 6 nitrogen and oxygen atoms in total. The molecule has 0 unspecified atom stereocenters. The number of para-hydroxylation sites is 1. The number of aliphatic imine (C=N–C) groups is 1. The summed E-state index contributed by atoms with van der Waals surface area (Å²) in [7, 11) is 1.68. The van der Waals surface area contributed by atoms with Gasteiger partial charge in [0.05, 0.1) is 19.1 Å². The van der Waals surface area contributed by atoms with Gasteiger partial charge < -0.3 is 20.7 Å². The van der Waals surface area contributed by atoms with Gasteiger partial charge in [0.25, 0.3) is 0 Å². The van der Waals surface area contributed by atoms with Crippen LogP contribution in [0.2, 0.25) is 0 Å². The number of amides is 1. The van der Waals surface area contributed by atoms with E-state index in [1.165, 1.54) is 0 Å². The molecule has 0 spiro atoms. The molecule has 7 heteroatoms. The van der Waals surface area contributed by atoms with E-state index in [-0.39, 0.29) is 29.9 Å². The summed E-state index contributed by atoms with van der Waals surface area (Å²) in [5.74, 6) is 1.63. The molecule has 1 rings (SSSR count). The first kappa shape index (κ1) is 24.5. The van der Waals surface area contributed by atoms with Gasteiger partial charge in [-0.25, -0.2) is 0 Å². The quantitative estimate of drug-likeness (QED) is 0.291. The minimum Gasteiger partial charge on any atom is -0.496 e. The Kier molecular flexibility index (Phi) is 12.0. The van der Waals surface area contributed by atoms with E-state index in [1.54, 1.807) is 7.11 Å². The molecule has 0 atom stereocenters.